The molecule has 1 aliphatic heterocycles. The first-order valence-electron chi connectivity index (χ1n) is 12.2. The van der Waals surface area contributed by atoms with Gasteiger partial charge in [0.15, 0.2) is 0 Å². The molecule has 1 saturated heterocycles. The molecular weight excluding hydrogens is 472 g/mol. The van der Waals surface area contributed by atoms with Gasteiger partial charge in [0.05, 0.1) is 10.4 Å². The van der Waals surface area contributed by atoms with Crippen LogP contribution in [0.5, 0.6) is 0 Å². The van der Waals surface area contributed by atoms with Crippen molar-refractivity contribution in [2.24, 2.45) is 0 Å². The van der Waals surface area contributed by atoms with E-state index in [1.54, 1.807) is 24.3 Å². The molecule has 186 valence electrons. The molecule has 0 saturated carbocycles. The summed E-state index contributed by atoms with van der Waals surface area (Å²) in [6.07, 6.45) is 2.37. The van der Waals surface area contributed by atoms with E-state index in [2.05, 4.69) is 56.1 Å². The van der Waals surface area contributed by atoms with Crippen molar-refractivity contribution in [2.75, 3.05) is 31.5 Å². The Morgan fingerprint density at radius 3 is 2.36 bits per heavy atom. The van der Waals surface area contributed by atoms with Gasteiger partial charge >= 0.3 is 0 Å². The van der Waals surface area contributed by atoms with Crippen LogP contribution in [0.4, 0.5) is 11.6 Å². The smallest absolute Gasteiger partial charge is 0.247 e. The molecule has 8 nitrogen and oxygen atoms in total. The number of anilines is 2. The second kappa shape index (κ2) is 10.3. The Balaban J connectivity index is 1.28. The number of benzene rings is 3. The average molecular weight is 503 g/mol. The van der Waals surface area contributed by atoms with Crippen LogP contribution in [0.3, 0.4) is 0 Å². The second-order valence-corrected chi connectivity index (χ2v) is 11.0. The van der Waals surface area contributed by atoms with Gasteiger partial charge in [-0.3, -0.25) is 0 Å². The lowest BCUT2D eigenvalue weighted by molar-refractivity contribution is 0.344. The Kier molecular flexibility index (Phi) is 6.95. The molecule has 2 N–H and O–H groups in total. The van der Waals surface area contributed by atoms with Gasteiger partial charge < -0.3 is 10.2 Å². The molecule has 0 aliphatic carbocycles. The van der Waals surface area contributed by atoms with Crippen LogP contribution in [0.15, 0.2) is 65.6 Å². The predicted molar refractivity (Wildman–Crippen MR) is 143 cm³/mol. The monoisotopic (exact) mass is 502 g/mol. The number of likely N-dealkylation sites (tertiary alicyclic amines) is 1. The molecule has 3 aromatic carbocycles. The summed E-state index contributed by atoms with van der Waals surface area (Å²) in [6, 6.07) is 18.9. The fraction of sp³-hybridized carbons (Fsp3) is 0.296. The zero-order chi connectivity index (χ0) is 25.1. The number of rotatable bonds is 8. The van der Waals surface area contributed by atoms with E-state index >= 15 is 0 Å². The average Bonchev–Trinajstić information content (AvgIpc) is 3.38. The van der Waals surface area contributed by atoms with Crippen molar-refractivity contribution in [3.05, 3.63) is 71.8 Å². The van der Waals surface area contributed by atoms with Crippen LogP contribution < -0.4 is 10.0 Å². The zero-order valence-corrected chi connectivity index (χ0v) is 21.3. The van der Waals surface area contributed by atoms with Gasteiger partial charge in [0.1, 0.15) is 5.52 Å². The third-order valence-electron chi connectivity index (χ3n) is 6.58. The quantitative estimate of drug-likeness (QED) is 0.368. The third kappa shape index (κ3) is 5.38. The fourth-order valence-corrected chi connectivity index (χ4v) is 5.60. The topological polar surface area (TPSA) is 100 Å². The zero-order valence-electron chi connectivity index (χ0n) is 20.5. The van der Waals surface area contributed by atoms with Crippen LogP contribution in [-0.2, 0) is 10.0 Å². The van der Waals surface area contributed by atoms with E-state index in [4.69, 9.17) is 0 Å². The number of fused-ring (bicyclic) bond motifs is 1. The minimum absolute atomic E-state index is 0.228. The van der Waals surface area contributed by atoms with Gasteiger partial charge in [-0.1, -0.05) is 24.3 Å². The Morgan fingerprint density at radius 2 is 1.61 bits per heavy atom. The van der Waals surface area contributed by atoms with Crippen LogP contribution in [0.25, 0.3) is 22.2 Å². The molecule has 0 radical (unpaired) electrons. The molecule has 1 fully saturated rings. The first-order chi connectivity index (χ1) is 17.4. The van der Waals surface area contributed by atoms with E-state index in [0.29, 0.717) is 23.7 Å². The first-order valence-corrected chi connectivity index (χ1v) is 13.7. The molecule has 1 aromatic heterocycles. The maximum Gasteiger partial charge on any atom is 0.247 e. The second-order valence-electron chi connectivity index (χ2n) is 9.20. The number of hydrogen-bond donors (Lipinski definition) is 2. The molecule has 4 aromatic rings. The van der Waals surface area contributed by atoms with Crippen molar-refractivity contribution in [2.45, 2.75) is 31.6 Å². The Labute approximate surface area is 211 Å². The number of aryl methyl sites for hydroxylation is 2. The SMILES string of the molecule is Cc1ccccc1-c1cc2nnc(Nc3ccc(S(=O)(=O)NCCN4CCCC4)cc3)nc2cc1C. The third-order valence-corrected chi connectivity index (χ3v) is 8.05. The van der Waals surface area contributed by atoms with Crippen molar-refractivity contribution in [3.63, 3.8) is 0 Å². The van der Waals surface area contributed by atoms with Gasteiger partial charge in [-0.25, -0.2) is 18.1 Å². The number of nitrogens with one attached hydrogen (secondary N) is 2. The van der Waals surface area contributed by atoms with Crippen molar-refractivity contribution >= 4 is 32.7 Å². The van der Waals surface area contributed by atoms with E-state index in [9.17, 15) is 8.42 Å². The predicted octanol–water partition coefficient (Wildman–Crippen LogP) is 4.43. The molecule has 0 spiro atoms. The van der Waals surface area contributed by atoms with Gasteiger partial charge in [0.2, 0.25) is 16.0 Å². The summed E-state index contributed by atoms with van der Waals surface area (Å²) in [7, 11) is -3.55. The molecule has 1 aliphatic rings. The van der Waals surface area contributed by atoms with Gasteiger partial charge in [0, 0.05) is 18.8 Å². The standard InChI is InChI=1S/C27H30N6O2S/c1-19-7-3-4-8-23(19)24-18-26-25(17-20(24)2)30-27(32-31-26)29-21-9-11-22(12-10-21)36(34,35)28-13-16-33-14-5-6-15-33/h3-4,7-12,17-18,28H,5-6,13-16H2,1-2H3,(H,29,30,32). The Morgan fingerprint density at radius 1 is 0.861 bits per heavy atom. The van der Waals surface area contributed by atoms with E-state index in [1.165, 1.54) is 24.0 Å². The van der Waals surface area contributed by atoms with Crippen molar-refractivity contribution in [1.82, 2.24) is 24.8 Å². The lowest BCUT2D eigenvalue weighted by Crippen LogP contribution is -2.33. The molecular formula is C27H30N6O2S. The lowest BCUT2D eigenvalue weighted by Gasteiger charge is -2.15. The van der Waals surface area contributed by atoms with Crippen LogP contribution in [0, 0.1) is 13.8 Å². The number of hydrogen-bond acceptors (Lipinski definition) is 7. The fourth-order valence-electron chi connectivity index (χ4n) is 4.58. The van der Waals surface area contributed by atoms with Gasteiger partial charge in [0.25, 0.3) is 0 Å². The molecule has 0 atom stereocenters. The lowest BCUT2D eigenvalue weighted by atomic mass is 9.96. The van der Waals surface area contributed by atoms with Crippen LogP contribution in [0.2, 0.25) is 0 Å². The van der Waals surface area contributed by atoms with Crippen molar-refractivity contribution in [3.8, 4) is 11.1 Å². The number of aromatic nitrogens is 3. The van der Waals surface area contributed by atoms with Crippen molar-refractivity contribution < 1.29 is 8.42 Å². The van der Waals surface area contributed by atoms with Gasteiger partial charge in [-0.15, -0.1) is 10.2 Å². The summed E-state index contributed by atoms with van der Waals surface area (Å²) >= 11 is 0. The molecule has 2 heterocycles. The van der Waals surface area contributed by atoms with Crippen LogP contribution in [0.1, 0.15) is 24.0 Å². The molecule has 0 bridgehead atoms. The summed E-state index contributed by atoms with van der Waals surface area (Å²) in [5.41, 5.74) is 6.72. The number of nitrogens with zero attached hydrogens (tertiary/aromatic N) is 4. The van der Waals surface area contributed by atoms with E-state index in [1.807, 2.05) is 24.3 Å². The molecule has 0 amide bonds. The maximum absolute atomic E-state index is 12.6. The summed E-state index contributed by atoms with van der Waals surface area (Å²) in [5.74, 6) is 0.352. The number of sulfonamides is 1. The molecule has 0 unspecified atom stereocenters. The van der Waals surface area contributed by atoms with E-state index in [-0.39, 0.29) is 4.90 Å². The summed E-state index contributed by atoms with van der Waals surface area (Å²) < 4.78 is 27.9. The molecule has 36 heavy (non-hydrogen) atoms. The van der Waals surface area contributed by atoms with Crippen LogP contribution >= 0.6 is 0 Å². The first kappa shape index (κ1) is 24.3. The summed E-state index contributed by atoms with van der Waals surface area (Å²) in [5, 5.41) is 11.7. The van der Waals surface area contributed by atoms with E-state index in [0.717, 1.165) is 36.3 Å². The Bertz CT molecular complexity index is 1480. The minimum Gasteiger partial charge on any atom is -0.323 e. The van der Waals surface area contributed by atoms with Crippen molar-refractivity contribution in [1.29, 1.82) is 0 Å². The molecule has 5 rings (SSSR count). The molecule has 9 heteroatoms. The van der Waals surface area contributed by atoms with E-state index < -0.39 is 10.0 Å². The Hall–Kier alpha value is -3.40. The highest BCUT2D eigenvalue weighted by atomic mass is 32.2. The summed E-state index contributed by atoms with van der Waals surface area (Å²) in [6.45, 7) is 7.38. The largest absolute Gasteiger partial charge is 0.323 e. The van der Waals surface area contributed by atoms with Gasteiger partial charge in [-0.2, -0.15) is 0 Å². The highest BCUT2D eigenvalue weighted by Crippen LogP contribution is 2.29. The normalized spacial score (nSPS) is 14.4. The van der Waals surface area contributed by atoms with Gasteiger partial charge in [-0.05, 0) is 98.4 Å². The highest BCUT2D eigenvalue weighted by molar-refractivity contribution is 7.89. The maximum atomic E-state index is 12.6. The minimum atomic E-state index is -3.55. The highest BCUT2D eigenvalue weighted by Gasteiger charge is 2.16. The van der Waals surface area contributed by atoms with Crippen LogP contribution in [-0.4, -0.2) is 54.7 Å². The summed E-state index contributed by atoms with van der Waals surface area (Å²) in [4.78, 5) is 7.12.